The molecule has 0 saturated heterocycles. The Morgan fingerprint density at radius 1 is 1.05 bits per heavy atom. The number of halogens is 1. The highest BCUT2D eigenvalue weighted by atomic mass is 79.9. The molecule has 4 heteroatoms. The van der Waals surface area contributed by atoms with Gasteiger partial charge in [-0.05, 0) is 31.2 Å². The lowest BCUT2D eigenvalue weighted by atomic mass is 10.1. The number of ether oxygens (including phenoxy) is 2. The van der Waals surface area contributed by atoms with Crippen molar-refractivity contribution in [2.75, 3.05) is 14.2 Å². The van der Waals surface area contributed by atoms with Crippen molar-refractivity contribution in [2.24, 2.45) is 0 Å². The van der Waals surface area contributed by atoms with Gasteiger partial charge in [0, 0.05) is 28.2 Å². The van der Waals surface area contributed by atoms with Crippen molar-refractivity contribution in [1.82, 2.24) is 5.32 Å². The Kier molecular flexibility index (Phi) is 5.65. The quantitative estimate of drug-likeness (QED) is 0.842. The smallest absolute Gasteiger partial charge is 0.123 e. The number of nitrogens with one attached hydrogen (secondary N) is 1. The summed E-state index contributed by atoms with van der Waals surface area (Å²) in [6.07, 6.45) is 0. The summed E-state index contributed by atoms with van der Waals surface area (Å²) in [4.78, 5) is 0. The van der Waals surface area contributed by atoms with Crippen molar-refractivity contribution in [3.8, 4) is 11.5 Å². The van der Waals surface area contributed by atoms with Gasteiger partial charge in [0.2, 0.25) is 0 Å². The summed E-state index contributed by atoms with van der Waals surface area (Å²) in [5.74, 6) is 1.79. The van der Waals surface area contributed by atoms with Gasteiger partial charge in [-0.15, -0.1) is 0 Å². The number of para-hydroxylation sites is 1. The molecule has 0 unspecified atom stereocenters. The topological polar surface area (TPSA) is 30.5 Å². The van der Waals surface area contributed by atoms with Gasteiger partial charge in [0.05, 0.1) is 14.2 Å². The minimum Gasteiger partial charge on any atom is -0.496 e. The van der Waals surface area contributed by atoms with E-state index in [2.05, 4.69) is 40.3 Å². The van der Waals surface area contributed by atoms with E-state index in [0.717, 1.165) is 33.6 Å². The summed E-state index contributed by atoms with van der Waals surface area (Å²) in [6.45, 7) is 2.85. The van der Waals surface area contributed by atoms with Crippen molar-refractivity contribution < 1.29 is 9.47 Å². The highest BCUT2D eigenvalue weighted by molar-refractivity contribution is 9.10. The van der Waals surface area contributed by atoms with Crippen LogP contribution in [-0.4, -0.2) is 14.2 Å². The highest BCUT2D eigenvalue weighted by Gasteiger charge is 2.11. The van der Waals surface area contributed by atoms with Gasteiger partial charge in [0.15, 0.2) is 0 Å². The Labute approximate surface area is 134 Å². The number of benzene rings is 2. The summed E-state index contributed by atoms with van der Waals surface area (Å²) in [5, 5.41) is 3.51. The third kappa shape index (κ3) is 3.99. The van der Waals surface area contributed by atoms with Crippen LogP contribution >= 0.6 is 15.9 Å². The molecule has 2 aromatic carbocycles. The standard InChI is InChI=1S/C17H20BrNO2/c1-12(15-6-4-5-7-17(15)21-3)19-11-13-10-14(18)8-9-16(13)20-2/h4-10,12,19H,11H2,1-3H3/t12-/m1/s1. The Morgan fingerprint density at radius 3 is 2.48 bits per heavy atom. The lowest BCUT2D eigenvalue weighted by molar-refractivity contribution is 0.397. The third-order valence-corrected chi connectivity index (χ3v) is 3.94. The number of methoxy groups -OCH3 is 2. The van der Waals surface area contributed by atoms with E-state index in [-0.39, 0.29) is 6.04 Å². The van der Waals surface area contributed by atoms with E-state index in [0.29, 0.717) is 0 Å². The first-order valence-electron chi connectivity index (χ1n) is 6.84. The minimum absolute atomic E-state index is 0.185. The molecule has 0 saturated carbocycles. The van der Waals surface area contributed by atoms with Gasteiger partial charge in [0.25, 0.3) is 0 Å². The van der Waals surface area contributed by atoms with E-state index < -0.39 is 0 Å². The van der Waals surface area contributed by atoms with E-state index in [9.17, 15) is 0 Å². The van der Waals surface area contributed by atoms with Gasteiger partial charge >= 0.3 is 0 Å². The van der Waals surface area contributed by atoms with E-state index in [1.54, 1.807) is 14.2 Å². The van der Waals surface area contributed by atoms with Crippen LogP contribution < -0.4 is 14.8 Å². The Bertz CT molecular complexity index is 601. The zero-order chi connectivity index (χ0) is 15.2. The van der Waals surface area contributed by atoms with Gasteiger partial charge in [-0.25, -0.2) is 0 Å². The predicted molar refractivity (Wildman–Crippen MR) is 88.9 cm³/mol. The largest absolute Gasteiger partial charge is 0.496 e. The van der Waals surface area contributed by atoms with Crippen molar-refractivity contribution in [3.05, 3.63) is 58.1 Å². The maximum atomic E-state index is 5.41. The molecule has 0 heterocycles. The van der Waals surface area contributed by atoms with Crippen LogP contribution in [-0.2, 0) is 6.54 Å². The minimum atomic E-state index is 0.185. The van der Waals surface area contributed by atoms with Crippen LogP contribution in [0.1, 0.15) is 24.1 Å². The molecule has 2 aromatic rings. The van der Waals surface area contributed by atoms with Crippen LogP contribution in [0.15, 0.2) is 46.9 Å². The molecular weight excluding hydrogens is 330 g/mol. The third-order valence-electron chi connectivity index (χ3n) is 3.45. The molecule has 0 aliphatic carbocycles. The van der Waals surface area contributed by atoms with Crippen LogP contribution in [0.3, 0.4) is 0 Å². The van der Waals surface area contributed by atoms with Gasteiger partial charge in [0.1, 0.15) is 11.5 Å². The summed E-state index contributed by atoms with van der Waals surface area (Å²) in [5.41, 5.74) is 2.27. The van der Waals surface area contributed by atoms with Crippen LogP contribution in [0.5, 0.6) is 11.5 Å². The second-order valence-electron chi connectivity index (χ2n) is 4.80. The maximum Gasteiger partial charge on any atom is 0.123 e. The molecule has 1 atom stereocenters. The summed E-state index contributed by atoms with van der Waals surface area (Å²) >= 11 is 3.50. The fraction of sp³-hybridized carbons (Fsp3) is 0.294. The maximum absolute atomic E-state index is 5.41. The molecule has 0 bridgehead atoms. The molecule has 1 N–H and O–H groups in total. The first-order valence-corrected chi connectivity index (χ1v) is 7.63. The number of rotatable bonds is 6. The van der Waals surface area contributed by atoms with Gasteiger partial charge in [-0.3, -0.25) is 0 Å². The van der Waals surface area contributed by atoms with Gasteiger partial charge in [-0.1, -0.05) is 34.1 Å². The molecule has 0 fully saturated rings. The van der Waals surface area contributed by atoms with Crippen molar-refractivity contribution >= 4 is 15.9 Å². The highest BCUT2D eigenvalue weighted by Crippen LogP contribution is 2.26. The molecule has 2 rings (SSSR count). The molecule has 0 amide bonds. The van der Waals surface area contributed by atoms with Crippen LogP contribution in [0, 0.1) is 0 Å². The lowest BCUT2D eigenvalue weighted by Crippen LogP contribution is -2.19. The normalized spacial score (nSPS) is 12.0. The van der Waals surface area contributed by atoms with Crippen LogP contribution in [0.2, 0.25) is 0 Å². The number of hydrogen-bond donors (Lipinski definition) is 1. The zero-order valence-electron chi connectivity index (χ0n) is 12.5. The molecular formula is C17H20BrNO2. The SMILES string of the molecule is COc1ccc(Br)cc1CN[C@H](C)c1ccccc1OC. The fourth-order valence-electron chi connectivity index (χ4n) is 2.28. The zero-order valence-corrected chi connectivity index (χ0v) is 14.1. The monoisotopic (exact) mass is 349 g/mol. The summed E-state index contributed by atoms with van der Waals surface area (Å²) < 4.78 is 11.9. The van der Waals surface area contributed by atoms with Crippen molar-refractivity contribution in [2.45, 2.75) is 19.5 Å². The molecule has 3 nitrogen and oxygen atoms in total. The van der Waals surface area contributed by atoms with Crippen LogP contribution in [0.25, 0.3) is 0 Å². The van der Waals surface area contributed by atoms with E-state index in [1.807, 2.05) is 30.3 Å². The van der Waals surface area contributed by atoms with E-state index in [4.69, 9.17) is 9.47 Å². The molecule has 0 radical (unpaired) electrons. The summed E-state index contributed by atoms with van der Waals surface area (Å²) in [6, 6.07) is 14.3. The van der Waals surface area contributed by atoms with Gasteiger partial charge < -0.3 is 14.8 Å². The Morgan fingerprint density at radius 2 is 1.76 bits per heavy atom. The van der Waals surface area contributed by atoms with E-state index in [1.165, 1.54) is 0 Å². The molecule has 0 aliphatic heterocycles. The van der Waals surface area contributed by atoms with Gasteiger partial charge in [-0.2, -0.15) is 0 Å². The van der Waals surface area contributed by atoms with E-state index >= 15 is 0 Å². The Balaban J connectivity index is 2.11. The molecule has 0 spiro atoms. The molecule has 0 aromatic heterocycles. The average molecular weight is 350 g/mol. The van der Waals surface area contributed by atoms with Crippen LogP contribution in [0.4, 0.5) is 0 Å². The molecule has 21 heavy (non-hydrogen) atoms. The predicted octanol–water partition coefficient (Wildman–Crippen LogP) is 4.32. The van der Waals surface area contributed by atoms with Crippen molar-refractivity contribution in [1.29, 1.82) is 0 Å². The molecule has 0 aliphatic rings. The second kappa shape index (κ2) is 7.48. The summed E-state index contributed by atoms with van der Waals surface area (Å²) in [7, 11) is 3.39. The molecule has 112 valence electrons. The first-order chi connectivity index (χ1) is 10.2. The number of hydrogen-bond acceptors (Lipinski definition) is 3. The van der Waals surface area contributed by atoms with Crippen molar-refractivity contribution in [3.63, 3.8) is 0 Å². The first kappa shape index (κ1) is 15.9. The Hall–Kier alpha value is -1.52. The second-order valence-corrected chi connectivity index (χ2v) is 5.72. The fourth-order valence-corrected chi connectivity index (χ4v) is 2.69. The average Bonchev–Trinajstić information content (AvgIpc) is 2.52. The lowest BCUT2D eigenvalue weighted by Gasteiger charge is -2.18.